The van der Waals surface area contributed by atoms with Crippen molar-refractivity contribution in [3.05, 3.63) is 0 Å². The van der Waals surface area contributed by atoms with Crippen molar-refractivity contribution < 1.29 is 9.53 Å². The number of esters is 1. The standard InChI is InChI=1S/C14H27NO2/c1-4-11-7-5-6-8-13(11)17-14(16)12(15)9-10(2)3/h10-13H,4-9,15H2,1-3H3/t11?,12-,13?/m1/s1. The Balaban J connectivity index is 2.43. The fourth-order valence-corrected chi connectivity index (χ4v) is 2.64. The van der Waals surface area contributed by atoms with E-state index in [1.807, 2.05) is 0 Å². The maximum absolute atomic E-state index is 11.9. The van der Waals surface area contributed by atoms with Gasteiger partial charge >= 0.3 is 5.97 Å². The molecule has 0 saturated heterocycles. The Hall–Kier alpha value is -0.570. The SMILES string of the molecule is CCC1CCCCC1OC(=O)[C@H](N)CC(C)C. The molecule has 1 aliphatic carbocycles. The molecule has 0 amide bonds. The number of hydrogen-bond acceptors (Lipinski definition) is 3. The molecule has 1 saturated carbocycles. The minimum atomic E-state index is -0.450. The Labute approximate surface area is 105 Å². The lowest BCUT2D eigenvalue weighted by Gasteiger charge is -2.31. The van der Waals surface area contributed by atoms with Gasteiger partial charge in [0, 0.05) is 0 Å². The highest BCUT2D eigenvalue weighted by molar-refractivity contribution is 5.75. The lowest BCUT2D eigenvalue weighted by atomic mass is 9.84. The van der Waals surface area contributed by atoms with Crippen LogP contribution in [0.4, 0.5) is 0 Å². The maximum atomic E-state index is 11.9. The summed E-state index contributed by atoms with van der Waals surface area (Å²) in [6.45, 7) is 6.32. The number of carbonyl (C=O) groups excluding carboxylic acids is 1. The Morgan fingerprint density at radius 2 is 2.00 bits per heavy atom. The van der Waals surface area contributed by atoms with Crippen LogP contribution in [0.25, 0.3) is 0 Å². The molecule has 0 bridgehead atoms. The van der Waals surface area contributed by atoms with Gasteiger partial charge in [-0.15, -0.1) is 0 Å². The van der Waals surface area contributed by atoms with Gasteiger partial charge in [0.05, 0.1) is 0 Å². The molecule has 0 aliphatic heterocycles. The quantitative estimate of drug-likeness (QED) is 0.753. The predicted octanol–water partition coefficient (Wildman–Crippen LogP) is 2.87. The first-order valence-corrected chi connectivity index (χ1v) is 7.00. The Morgan fingerprint density at radius 1 is 1.35 bits per heavy atom. The molecule has 1 aliphatic rings. The summed E-state index contributed by atoms with van der Waals surface area (Å²) >= 11 is 0. The van der Waals surface area contributed by atoms with Crippen LogP contribution < -0.4 is 5.73 Å². The van der Waals surface area contributed by atoms with Gasteiger partial charge < -0.3 is 10.5 Å². The van der Waals surface area contributed by atoms with E-state index in [1.165, 1.54) is 19.3 Å². The van der Waals surface area contributed by atoms with E-state index in [0.717, 1.165) is 12.8 Å². The van der Waals surface area contributed by atoms with Gasteiger partial charge in [-0.3, -0.25) is 4.79 Å². The van der Waals surface area contributed by atoms with E-state index in [4.69, 9.17) is 10.5 Å². The van der Waals surface area contributed by atoms with Crippen molar-refractivity contribution in [2.24, 2.45) is 17.6 Å². The number of carbonyl (C=O) groups is 1. The summed E-state index contributed by atoms with van der Waals surface area (Å²) in [5.41, 5.74) is 5.85. The van der Waals surface area contributed by atoms with Gasteiger partial charge in [-0.2, -0.15) is 0 Å². The average Bonchev–Trinajstić information content (AvgIpc) is 2.28. The molecule has 0 aromatic heterocycles. The summed E-state index contributed by atoms with van der Waals surface area (Å²) in [5.74, 6) is 0.772. The molecule has 1 rings (SSSR count). The van der Waals surface area contributed by atoms with Gasteiger partial charge in [-0.1, -0.05) is 27.2 Å². The van der Waals surface area contributed by atoms with Gasteiger partial charge in [-0.05, 0) is 43.9 Å². The fourth-order valence-electron chi connectivity index (χ4n) is 2.64. The van der Waals surface area contributed by atoms with Crippen molar-refractivity contribution >= 4 is 5.97 Å². The fraction of sp³-hybridized carbons (Fsp3) is 0.929. The lowest BCUT2D eigenvalue weighted by Crippen LogP contribution is -2.39. The molecule has 0 aromatic rings. The van der Waals surface area contributed by atoms with E-state index >= 15 is 0 Å². The Bertz CT molecular complexity index is 240. The van der Waals surface area contributed by atoms with Crippen LogP contribution in [0.1, 0.15) is 59.3 Å². The van der Waals surface area contributed by atoms with Crippen LogP contribution in [0.3, 0.4) is 0 Å². The Kier molecular flexibility index (Phi) is 5.96. The summed E-state index contributed by atoms with van der Waals surface area (Å²) in [6.07, 6.45) is 6.56. The number of rotatable bonds is 5. The zero-order valence-corrected chi connectivity index (χ0v) is 11.4. The monoisotopic (exact) mass is 241 g/mol. The molecular weight excluding hydrogens is 214 g/mol. The van der Waals surface area contributed by atoms with Crippen molar-refractivity contribution in [2.45, 2.75) is 71.4 Å². The molecule has 0 aromatic carbocycles. The Morgan fingerprint density at radius 3 is 2.59 bits per heavy atom. The summed E-state index contributed by atoms with van der Waals surface area (Å²) in [5, 5.41) is 0. The highest BCUT2D eigenvalue weighted by Gasteiger charge is 2.28. The van der Waals surface area contributed by atoms with Gasteiger partial charge in [0.25, 0.3) is 0 Å². The molecule has 0 spiro atoms. The first-order chi connectivity index (χ1) is 8.04. The van der Waals surface area contributed by atoms with E-state index in [0.29, 0.717) is 18.3 Å². The van der Waals surface area contributed by atoms with E-state index < -0.39 is 6.04 Å². The van der Waals surface area contributed by atoms with Crippen LogP contribution in [0.5, 0.6) is 0 Å². The first-order valence-electron chi connectivity index (χ1n) is 7.00. The molecule has 3 nitrogen and oxygen atoms in total. The molecule has 0 heterocycles. The zero-order chi connectivity index (χ0) is 12.8. The summed E-state index contributed by atoms with van der Waals surface area (Å²) in [4.78, 5) is 11.9. The minimum Gasteiger partial charge on any atom is -0.461 e. The minimum absolute atomic E-state index is 0.111. The van der Waals surface area contributed by atoms with Crippen LogP contribution in [-0.4, -0.2) is 18.1 Å². The maximum Gasteiger partial charge on any atom is 0.323 e. The van der Waals surface area contributed by atoms with Gasteiger partial charge in [0.2, 0.25) is 0 Å². The van der Waals surface area contributed by atoms with Crippen molar-refractivity contribution in [1.29, 1.82) is 0 Å². The molecular formula is C14H27NO2. The summed E-state index contributed by atoms with van der Waals surface area (Å²) in [6, 6.07) is -0.450. The third-order valence-electron chi connectivity index (χ3n) is 3.66. The second-order valence-electron chi connectivity index (χ2n) is 5.66. The van der Waals surface area contributed by atoms with Gasteiger partial charge in [0.1, 0.15) is 12.1 Å². The molecule has 100 valence electrons. The lowest BCUT2D eigenvalue weighted by molar-refractivity contribution is -0.155. The third kappa shape index (κ3) is 4.66. The van der Waals surface area contributed by atoms with Crippen LogP contribution in [-0.2, 0) is 9.53 Å². The molecule has 3 heteroatoms. The second kappa shape index (κ2) is 7.00. The van der Waals surface area contributed by atoms with E-state index in [-0.39, 0.29) is 12.1 Å². The summed E-state index contributed by atoms with van der Waals surface area (Å²) < 4.78 is 5.59. The molecule has 1 fully saturated rings. The van der Waals surface area contributed by atoms with Gasteiger partial charge in [-0.25, -0.2) is 0 Å². The molecule has 17 heavy (non-hydrogen) atoms. The number of ether oxygens (including phenoxy) is 1. The predicted molar refractivity (Wildman–Crippen MR) is 69.6 cm³/mol. The van der Waals surface area contributed by atoms with Crippen LogP contribution in [0.15, 0.2) is 0 Å². The normalized spacial score (nSPS) is 26.9. The zero-order valence-electron chi connectivity index (χ0n) is 11.4. The molecule has 0 radical (unpaired) electrons. The highest BCUT2D eigenvalue weighted by atomic mass is 16.5. The van der Waals surface area contributed by atoms with Crippen molar-refractivity contribution in [3.63, 3.8) is 0 Å². The van der Waals surface area contributed by atoms with E-state index in [9.17, 15) is 4.79 Å². The van der Waals surface area contributed by atoms with Crippen molar-refractivity contribution in [1.82, 2.24) is 0 Å². The van der Waals surface area contributed by atoms with Crippen LogP contribution in [0.2, 0.25) is 0 Å². The first kappa shape index (κ1) is 14.5. The van der Waals surface area contributed by atoms with E-state index in [1.54, 1.807) is 0 Å². The molecule has 2 unspecified atom stereocenters. The van der Waals surface area contributed by atoms with Gasteiger partial charge in [0.15, 0.2) is 0 Å². The van der Waals surface area contributed by atoms with Crippen molar-refractivity contribution in [3.8, 4) is 0 Å². The second-order valence-corrected chi connectivity index (χ2v) is 5.66. The molecule has 2 N–H and O–H groups in total. The number of hydrogen-bond donors (Lipinski definition) is 1. The topological polar surface area (TPSA) is 52.3 Å². The van der Waals surface area contributed by atoms with E-state index in [2.05, 4.69) is 20.8 Å². The third-order valence-corrected chi connectivity index (χ3v) is 3.66. The van der Waals surface area contributed by atoms with Crippen molar-refractivity contribution in [2.75, 3.05) is 0 Å². The van der Waals surface area contributed by atoms with Crippen LogP contribution >= 0.6 is 0 Å². The number of nitrogens with two attached hydrogens (primary N) is 1. The largest absolute Gasteiger partial charge is 0.461 e. The van der Waals surface area contributed by atoms with Crippen LogP contribution in [0, 0.1) is 11.8 Å². The highest BCUT2D eigenvalue weighted by Crippen LogP contribution is 2.29. The smallest absolute Gasteiger partial charge is 0.323 e. The molecule has 3 atom stereocenters. The summed E-state index contributed by atoms with van der Waals surface area (Å²) in [7, 11) is 0. The average molecular weight is 241 g/mol.